The topological polar surface area (TPSA) is 111 Å². The number of hydrogen-bond donors (Lipinski definition) is 2. The zero-order valence-electron chi connectivity index (χ0n) is 14.3. The molecule has 0 fully saturated rings. The fourth-order valence-corrected chi connectivity index (χ4v) is 2.25. The monoisotopic (exact) mass is 388 g/mol. The van der Waals surface area contributed by atoms with Crippen molar-refractivity contribution in [2.24, 2.45) is 0 Å². The standard InChI is InChI=1S/C17H14F2N6O3/c18-13-7-6-11(8-14(13)19)21-15(26)9-20-16(27)10-24-17(28)25(23-22-24)12-4-2-1-3-5-12/h1-8H,9-10H2,(H,20,27)(H,21,26). The van der Waals surface area contributed by atoms with Crippen LogP contribution in [0.1, 0.15) is 0 Å². The molecule has 144 valence electrons. The summed E-state index contributed by atoms with van der Waals surface area (Å²) in [6, 6.07) is 11.4. The summed E-state index contributed by atoms with van der Waals surface area (Å²) in [4.78, 5) is 35.9. The van der Waals surface area contributed by atoms with Gasteiger partial charge in [0.25, 0.3) is 0 Å². The molecule has 2 aromatic carbocycles. The summed E-state index contributed by atoms with van der Waals surface area (Å²) < 4.78 is 27.8. The van der Waals surface area contributed by atoms with Crippen LogP contribution in [0.3, 0.4) is 0 Å². The average molecular weight is 388 g/mol. The molecule has 0 atom stereocenters. The smallest absolute Gasteiger partial charge is 0.345 e. The van der Waals surface area contributed by atoms with Crippen LogP contribution in [0.15, 0.2) is 53.3 Å². The van der Waals surface area contributed by atoms with E-state index in [1.807, 2.05) is 0 Å². The van der Waals surface area contributed by atoms with Gasteiger partial charge >= 0.3 is 5.69 Å². The second kappa shape index (κ2) is 8.20. The predicted octanol–water partition coefficient (Wildman–Crippen LogP) is 0.462. The molecule has 2 N–H and O–H groups in total. The lowest BCUT2D eigenvalue weighted by molar-refractivity contribution is -0.124. The molecule has 0 saturated heterocycles. The van der Waals surface area contributed by atoms with Gasteiger partial charge in [-0.25, -0.2) is 13.6 Å². The van der Waals surface area contributed by atoms with Gasteiger partial charge in [0.1, 0.15) is 6.54 Å². The summed E-state index contributed by atoms with van der Waals surface area (Å²) in [6.45, 7) is -0.872. The molecule has 0 bridgehead atoms. The number of rotatable bonds is 6. The third kappa shape index (κ3) is 4.44. The molecular weight excluding hydrogens is 374 g/mol. The normalized spacial score (nSPS) is 10.5. The highest BCUT2D eigenvalue weighted by atomic mass is 19.2. The maximum atomic E-state index is 13.1. The Bertz CT molecular complexity index is 1060. The Morgan fingerprint density at radius 3 is 2.43 bits per heavy atom. The third-order valence-electron chi connectivity index (χ3n) is 3.58. The number of nitrogens with one attached hydrogen (secondary N) is 2. The molecule has 28 heavy (non-hydrogen) atoms. The van der Waals surface area contributed by atoms with Gasteiger partial charge in [0.05, 0.1) is 12.2 Å². The number of nitrogens with zero attached hydrogens (tertiary/aromatic N) is 4. The zero-order chi connectivity index (χ0) is 20.1. The maximum absolute atomic E-state index is 13.1. The fraction of sp³-hybridized carbons (Fsp3) is 0.118. The second-order valence-electron chi connectivity index (χ2n) is 5.62. The van der Waals surface area contributed by atoms with Crippen molar-refractivity contribution < 1.29 is 18.4 Å². The Kier molecular flexibility index (Phi) is 5.53. The first kappa shape index (κ1) is 18.9. The van der Waals surface area contributed by atoms with E-state index in [1.165, 1.54) is 6.07 Å². The van der Waals surface area contributed by atoms with E-state index in [2.05, 4.69) is 21.1 Å². The van der Waals surface area contributed by atoms with Crippen LogP contribution in [0.25, 0.3) is 5.69 Å². The summed E-state index contributed by atoms with van der Waals surface area (Å²) in [7, 11) is 0. The Morgan fingerprint density at radius 1 is 0.964 bits per heavy atom. The summed E-state index contributed by atoms with van der Waals surface area (Å²) in [5, 5.41) is 11.9. The van der Waals surface area contributed by atoms with Crippen LogP contribution in [0.2, 0.25) is 0 Å². The van der Waals surface area contributed by atoms with Crippen LogP contribution in [-0.4, -0.2) is 38.1 Å². The summed E-state index contributed by atoms with van der Waals surface area (Å²) in [5.74, 6) is -3.45. The molecule has 0 aliphatic heterocycles. The molecule has 11 heteroatoms. The molecule has 2 amide bonds. The first-order chi connectivity index (χ1) is 13.4. The number of aromatic nitrogens is 4. The predicted molar refractivity (Wildman–Crippen MR) is 93.6 cm³/mol. The number of benzene rings is 2. The van der Waals surface area contributed by atoms with Crippen LogP contribution in [0.4, 0.5) is 14.5 Å². The van der Waals surface area contributed by atoms with Crippen LogP contribution >= 0.6 is 0 Å². The van der Waals surface area contributed by atoms with Crippen molar-refractivity contribution in [3.63, 3.8) is 0 Å². The van der Waals surface area contributed by atoms with Gasteiger partial charge in [-0.15, -0.1) is 0 Å². The molecule has 1 aromatic heterocycles. The minimum absolute atomic E-state index is 0.0418. The van der Waals surface area contributed by atoms with Crippen LogP contribution in [0.5, 0.6) is 0 Å². The second-order valence-corrected chi connectivity index (χ2v) is 5.62. The van der Waals surface area contributed by atoms with Gasteiger partial charge in [-0.05, 0) is 34.7 Å². The van der Waals surface area contributed by atoms with Crippen LogP contribution in [0, 0.1) is 11.6 Å². The Balaban J connectivity index is 1.54. The lowest BCUT2D eigenvalue weighted by atomic mass is 10.3. The third-order valence-corrected chi connectivity index (χ3v) is 3.58. The molecule has 1 heterocycles. The Morgan fingerprint density at radius 2 is 1.71 bits per heavy atom. The van der Waals surface area contributed by atoms with Crippen molar-refractivity contribution in [1.29, 1.82) is 0 Å². The van der Waals surface area contributed by atoms with E-state index >= 15 is 0 Å². The van der Waals surface area contributed by atoms with Gasteiger partial charge in [0.2, 0.25) is 11.8 Å². The van der Waals surface area contributed by atoms with Crippen LogP contribution in [-0.2, 0) is 16.1 Å². The molecule has 0 aliphatic carbocycles. The molecule has 9 nitrogen and oxygen atoms in total. The minimum Gasteiger partial charge on any atom is -0.345 e. The molecule has 0 radical (unpaired) electrons. The van der Waals surface area contributed by atoms with E-state index in [9.17, 15) is 23.2 Å². The summed E-state index contributed by atoms with van der Waals surface area (Å²) in [5.41, 5.74) is -0.0853. The first-order valence-corrected chi connectivity index (χ1v) is 8.04. The van der Waals surface area contributed by atoms with Gasteiger partial charge in [-0.3, -0.25) is 9.59 Å². The minimum atomic E-state index is -1.11. The van der Waals surface area contributed by atoms with E-state index in [1.54, 1.807) is 30.3 Å². The fourth-order valence-electron chi connectivity index (χ4n) is 2.25. The molecule has 0 aliphatic rings. The number of carbonyl (C=O) groups excluding carboxylic acids is 2. The number of anilines is 1. The summed E-state index contributed by atoms with van der Waals surface area (Å²) >= 11 is 0. The van der Waals surface area contributed by atoms with E-state index < -0.39 is 42.2 Å². The number of carbonyl (C=O) groups is 2. The van der Waals surface area contributed by atoms with Gasteiger partial charge in [-0.1, -0.05) is 18.2 Å². The highest BCUT2D eigenvalue weighted by Gasteiger charge is 2.13. The highest BCUT2D eigenvalue weighted by molar-refractivity contribution is 5.94. The molecule has 0 saturated carbocycles. The zero-order valence-corrected chi connectivity index (χ0v) is 14.3. The van der Waals surface area contributed by atoms with Gasteiger partial charge in [0, 0.05) is 11.8 Å². The molecule has 0 spiro atoms. The van der Waals surface area contributed by atoms with Crippen molar-refractivity contribution >= 4 is 17.5 Å². The lowest BCUT2D eigenvalue weighted by Gasteiger charge is -2.07. The molecular formula is C17H14F2N6O3. The number of tetrazole rings is 1. The van der Waals surface area contributed by atoms with E-state index in [4.69, 9.17) is 0 Å². The van der Waals surface area contributed by atoms with Crippen LogP contribution < -0.4 is 16.3 Å². The van der Waals surface area contributed by atoms with Crippen molar-refractivity contribution in [2.45, 2.75) is 6.54 Å². The SMILES string of the molecule is O=C(Cn1nnn(-c2ccccc2)c1=O)NCC(=O)Nc1ccc(F)c(F)c1. The van der Waals surface area contributed by atoms with Gasteiger partial charge < -0.3 is 10.6 Å². The highest BCUT2D eigenvalue weighted by Crippen LogP contribution is 2.12. The molecule has 0 unspecified atom stereocenters. The maximum Gasteiger partial charge on any atom is 0.368 e. The largest absolute Gasteiger partial charge is 0.368 e. The van der Waals surface area contributed by atoms with Crippen molar-refractivity contribution in [3.8, 4) is 5.69 Å². The first-order valence-electron chi connectivity index (χ1n) is 8.04. The average Bonchev–Trinajstić information content (AvgIpc) is 3.04. The lowest BCUT2D eigenvalue weighted by Crippen LogP contribution is -2.37. The molecule has 3 rings (SSSR count). The van der Waals surface area contributed by atoms with Gasteiger partial charge in [-0.2, -0.15) is 9.36 Å². The number of halogens is 2. The van der Waals surface area contributed by atoms with Crippen molar-refractivity contribution in [1.82, 2.24) is 25.1 Å². The van der Waals surface area contributed by atoms with Crippen molar-refractivity contribution in [3.05, 3.63) is 70.6 Å². The van der Waals surface area contributed by atoms with E-state index in [-0.39, 0.29) is 5.69 Å². The van der Waals surface area contributed by atoms with E-state index in [0.29, 0.717) is 5.69 Å². The molecule has 3 aromatic rings. The number of amides is 2. The van der Waals surface area contributed by atoms with E-state index in [0.717, 1.165) is 21.5 Å². The Hall–Kier alpha value is -3.89. The summed E-state index contributed by atoms with van der Waals surface area (Å²) in [6.07, 6.45) is 0. The number of hydrogen-bond acceptors (Lipinski definition) is 5. The van der Waals surface area contributed by atoms with Crippen molar-refractivity contribution in [2.75, 3.05) is 11.9 Å². The quantitative estimate of drug-likeness (QED) is 0.638. The van der Waals surface area contributed by atoms with Gasteiger partial charge in [0.15, 0.2) is 11.6 Å². The number of para-hydroxylation sites is 1. The Labute approximate surface area is 156 Å².